The SMILES string of the molecule is N#[N+]c1cccc(NC(=O)c2ccc(C(=O)Nc3cccc([N+]#N)c3)cc2)c1. The number of nitrogens with zero attached hydrogens (tertiary/aromatic N) is 4. The Balaban J connectivity index is 1.68. The van der Waals surface area contributed by atoms with Crippen molar-refractivity contribution in [3.05, 3.63) is 93.9 Å². The largest absolute Gasteiger partial charge is 0.387 e. The number of hydrogen-bond acceptors (Lipinski definition) is 4. The predicted octanol–water partition coefficient (Wildman–Crippen LogP) is 5.16. The minimum atomic E-state index is -0.362. The maximum atomic E-state index is 12.3. The third-order valence-corrected chi connectivity index (χ3v) is 3.85. The number of nitrogens with one attached hydrogen (secondary N) is 2. The summed E-state index contributed by atoms with van der Waals surface area (Å²) in [5, 5.41) is 23.0. The van der Waals surface area contributed by atoms with E-state index >= 15 is 0 Å². The van der Waals surface area contributed by atoms with Crippen LogP contribution in [0, 0.1) is 10.8 Å². The Hall–Kier alpha value is -4.56. The van der Waals surface area contributed by atoms with Gasteiger partial charge in [0.05, 0.1) is 12.1 Å². The molecule has 3 aromatic rings. The Morgan fingerprint density at radius 2 is 1.04 bits per heavy atom. The summed E-state index contributed by atoms with van der Waals surface area (Å²) in [6, 6.07) is 19.0. The highest BCUT2D eigenvalue weighted by atomic mass is 16.2. The second-order valence-electron chi connectivity index (χ2n) is 5.79. The van der Waals surface area contributed by atoms with Gasteiger partial charge in [0.15, 0.2) is 9.95 Å². The monoisotopic (exact) mass is 370 g/mol. The zero-order valence-corrected chi connectivity index (χ0v) is 14.5. The molecule has 0 saturated heterocycles. The van der Waals surface area contributed by atoms with Gasteiger partial charge in [0.2, 0.25) is 10.8 Å². The molecular formula is C20H14N6O2+2. The van der Waals surface area contributed by atoms with Crippen molar-refractivity contribution in [3.8, 4) is 0 Å². The van der Waals surface area contributed by atoms with Crippen LogP contribution in [-0.2, 0) is 0 Å². The highest BCUT2D eigenvalue weighted by Crippen LogP contribution is 2.20. The summed E-state index contributed by atoms with van der Waals surface area (Å²) in [4.78, 5) is 30.8. The first-order valence-corrected chi connectivity index (χ1v) is 8.22. The molecule has 0 fully saturated rings. The second kappa shape index (κ2) is 8.21. The molecule has 0 saturated carbocycles. The molecule has 0 heterocycles. The maximum absolute atomic E-state index is 12.3. The molecule has 8 nitrogen and oxygen atoms in total. The van der Waals surface area contributed by atoms with E-state index in [-0.39, 0.29) is 11.8 Å². The van der Waals surface area contributed by atoms with Crippen LogP contribution < -0.4 is 10.6 Å². The van der Waals surface area contributed by atoms with Gasteiger partial charge in [-0.05, 0) is 36.4 Å². The van der Waals surface area contributed by atoms with Gasteiger partial charge >= 0.3 is 11.4 Å². The second-order valence-corrected chi connectivity index (χ2v) is 5.79. The fourth-order valence-corrected chi connectivity index (χ4v) is 2.47. The Morgan fingerprint density at radius 3 is 1.39 bits per heavy atom. The number of anilines is 2. The van der Waals surface area contributed by atoms with E-state index in [2.05, 4.69) is 20.6 Å². The number of rotatable bonds is 4. The lowest BCUT2D eigenvalue weighted by Crippen LogP contribution is -2.14. The summed E-state index contributed by atoms with van der Waals surface area (Å²) >= 11 is 0. The van der Waals surface area contributed by atoms with E-state index in [1.54, 1.807) is 36.4 Å². The molecule has 2 amide bonds. The first-order valence-electron chi connectivity index (χ1n) is 8.22. The first kappa shape index (κ1) is 18.2. The van der Waals surface area contributed by atoms with Crippen LogP contribution in [0.4, 0.5) is 22.7 Å². The van der Waals surface area contributed by atoms with E-state index < -0.39 is 0 Å². The summed E-state index contributed by atoms with van der Waals surface area (Å²) in [6.07, 6.45) is 0. The molecule has 28 heavy (non-hydrogen) atoms. The molecule has 0 bridgehead atoms. The number of carbonyl (C=O) groups excluding carboxylic acids is 2. The van der Waals surface area contributed by atoms with Gasteiger partial charge in [0.1, 0.15) is 0 Å². The fraction of sp³-hybridized carbons (Fsp3) is 0. The van der Waals surface area contributed by atoms with Gasteiger partial charge in [-0.3, -0.25) is 9.59 Å². The van der Waals surface area contributed by atoms with E-state index in [0.717, 1.165) is 0 Å². The molecule has 0 radical (unpaired) electrons. The van der Waals surface area contributed by atoms with Crippen LogP contribution in [-0.4, -0.2) is 11.8 Å². The highest BCUT2D eigenvalue weighted by molar-refractivity contribution is 6.07. The van der Waals surface area contributed by atoms with Crippen LogP contribution in [0.2, 0.25) is 0 Å². The van der Waals surface area contributed by atoms with Gasteiger partial charge < -0.3 is 10.6 Å². The van der Waals surface area contributed by atoms with Crippen LogP contribution in [0.1, 0.15) is 20.7 Å². The average molecular weight is 370 g/mol. The minimum absolute atomic E-state index is 0.322. The molecule has 0 spiro atoms. The van der Waals surface area contributed by atoms with Crippen LogP contribution in [0.15, 0.2) is 72.8 Å². The summed E-state index contributed by atoms with van der Waals surface area (Å²) in [6.45, 7) is 0. The Labute approximate surface area is 160 Å². The third kappa shape index (κ3) is 4.34. The zero-order valence-electron chi connectivity index (χ0n) is 14.5. The molecule has 0 aliphatic carbocycles. The van der Waals surface area contributed by atoms with E-state index in [9.17, 15) is 9.59 Å². The van der Waals surface area contributed by atoms with Crippen molar-refractivity contribution in [3.63, 3.8) is 0 Å². The van der Waals surface area contributed by atoms with Crippen molar-refractivity contribution >= 4 is 34.6 Å². The van der Waals surface area contributed by atoms with Crippen molar-refractivity contribution in [1.82, 2.24) is 0 Å². The predicted molar refractivity (Wildman–Crippen MR) is 105 cm³/mol. The van der Waals surface area contributed by atoms with Gasteiger partial charge in [-0.1, -0.05) is 12.1 Å². The topological polar surface area (TPSA) is 114 Å². The molecule has 134 valence electrons. The van der Waals surface area contributed by atoms with Crippen LogP contribution in [0.25, 0.3) is 9.95 Å². The Bertz CT molecular complexity index is 1040. The molecule has 2 N–H and O–H groups in total. The quantitative estimate of drug-likeness (QED) is 0.617. The van der Waals surface area contributed by atoms with Gasteiger partial charge in [0.25, 0.3) is 11.8 Å². The molecule has 0 unspecified atom stereocenters. The molecule has 0 aliphatic rings. The number of carbonyl (C=O) groups is 2. The fourth-order valence-electron chi connectivity index (χ4n) is 2.47. The van der Waals surface area contributed by atoms with E-state index in [1.165, 1.54) is 36.4 Å². The standard InChI is InChI=1S/C20H12N6O2/c21-25-17-5-1-3-15(11-17)23-19(27)13-7-9-14(10-8-13)20(28)24-16-4-2-6-18(12-16)26-22/h1-12H/p+2. The lowest BCUT2D eigenvalue weighted by molar-refractivity contribution is 0.101. The first-order chi connectivity index (χ1) is 13.6. The summed E-state index contributed by atoms with van der Waals surface area (Å²) in [7, 11) is 0. The maximum Gasteiger partial charge on any atom is 0.387 e. The molecule has 3 aromatic carbocycles. The number of hydrogen-bond donors (Lipinski definition) is 2. The highest BCUT2D eigenvalue weighted by Gasteiger charge is 2.12. The van der Waals surface area contributed by atoms with Crippen molar-refractivity contribution in [2.24, 2.45) is 0 Å². The smallest absolute Gasteiger partial charge is 0.322 e. The van der Waals surface area contributed by atoms with E-state index in [0.29, 0.717) is 33.9 Å². The Kier molecular flexibility index (Phi) is 5.35. The molecule has 8 heteroatoms. The van der Waals surface area contributed by atoms with Crippen molar-refractivity contribution in [1.29, 1.82) is 10.8 Å². The van der Waals surface area contributed by atoms with Crippen molar-refractivity contribution in [2.75, 3.05) is 10.6 Å². The molecule has 0 aliphatic heterocycles. The van der Waals surface area contributed by atoms with Crippen molar-refractivity contribution < 1.29 is 9.59 Å². The lowest BCUT2D eigenvalue weighted by Gasteiger charge is -2.07. The van der Waals surface area contributed by atoms with Crippen molar-refractivity contribution in [2.45, 2.75) is 0 Å². The summed E-state index contributed by atoms with van der Waals surface area (Å²) in [5.41, 5.74) is 2.34. The normalized spacial score (nSPS) is 9.64. The molecule has 0 aromatic heterocycles. The van der Waals surface area contributed by atoms with Crippen LogP contribution in [0.3, 0.4) is 0 Å². The average Bonchev–Trinajstić information content (AvgIpc) is 2.74. The van der Waals surface area contributed by atoms with E-state index in [1.807, 2.05) is 0 Å². The van der Waals surface area contributed by atoms with Gasteiger partial charge in [-0.25, -0.2) is 0 Å². The number of diazo groups is 2. The van der Waals surface area contributed by atoms with Gasteiger partial charge in [0, 0.05) is 34.6 Å². The van der Waals surface area contributed by atoms with Gasteiger partial charge in [-0.2, -0.15) is 0 Å². The van der Waals surface area contributed by atoms with E-state index in [4.69, 9.17) is 10.8 Å². The summed E-state index contributed by atoms with van der Waals surface area (Å²) in [5.74, 6) is -0.724. The number of benzene rings is 3. The van der Waals surface area contributed by atoms with Crippen LogP contribution >= 0.6 is 0 Å². The molecule has 3 rings (SSSR count). The Morgan fingerprint density at radius 1 is 0.643 bits per heavy atom. The third-order valence-electron chi connectivity index (χ3n) is 3.85. The minimum Gasteiger partial charge on any atom is -0.322 e. The van der Waals surface area contributed by atoms with Crippen LogP contribution in [0.5, 0.6) is 0 Å². The zero-order chi connectivity index (χ0) is 19.9. The summed E-state index contributed by atoms with van der Waals surface area (Å²) < 4.78 is 0. The van der Waals surface area contributed by atoms with Gasteiger partial charge in [-0.15, -0.1) is 0 Å². The molecule has 0 atom stereocenters. The number of amides is 2. The molecular weight excluding hydrogens is 356 g/mol. The lowest BCUT2D eigenvalue weighted by atomic mass is 10.1.